The fourth-order valence-electron chi connectivity index (χ4n) is 2.75. The molecule has 1 heterocycles. The molecule has 2 aromatic carbocycles. The number of carbonyl (C=O) groups excluding carboxylic acids is 1. The summed E-state index contributed by atoms with van der Waals surface area (Å²) in [4.78, 5) is 12.3. The molecule has 28 heavy (non-hydrogen) atoms. The van der Waals surface area contributed by atoms with Crippen molar-refractivity contribution < 1.29 is 14.3 Å². The summed E-state index contributed by atoms with van der Waals surface area (Å²) in [5.41, 5.74) is 3.31. The summed E-state index contributed by atoms with van der Waals surface area (Å²) in [5.74, 6) is 1.27. The molecular formula is C20H21BrN4O3. The number of urea groups is 1. The van der Waals surface area contributed by atoms with E-state index in [2.05, 4.69) is 31.7 Å². The van der Waals surface area contributed by atoms with Gasteiger partial charge in [0.2, 0.25) is 0 Å². The predicted molar refractivity (Wildman–Crippen MR) is 112 cm³/mol. The molecule has 3 rings (SSSR count). The van der Waals surface area contributed by atoms with E-state index < -0.39 is 0 Å². The third-order valence-electron chi connectivity index (χ3n) is 4.08. The number of aryl methyl sites for hydroxylation is 1. The Balaban J connectivity index is 1.64. The Hall–Kier alpha value is -3.00. The molecule has 0 unspecified atom stereocenters. The fraction of sp³-hybridized carbons (Fsp3) is 0.200. The number of hydrogen-bond acceptors (Lipinski definition) is 4. The number of halogens is 1. The van der Waals surface area contributed by atoms with E-state index in [0.29, 0.717) is 23.7 Å². The Labute approximate surface area is 171 Å². The Morgan fingerprint density at radius 2 is 1.93 bits per heavy atom. The highest BCUT2D eigenvalue weighted by Gasteiger charge is 2.10. The first-order valence-corrected chi connectivity index (χ1v) is 9.35. The number of rotatable bonds is 6. The van der Waals surface area contributed by atoms with Crippen molar-refractivity contribution in [2.24, 2.45) is 7.05 Å². The van der Waals surface area contributed by atoms with E-state index in [4.69, 9.17) is 9.47 Å². The van der Waals surface area contributed by atoms with Crippen LogP contribution in [0.1, 0.15) is 5.56 Å². The summed E-state index contributed by atoms with van der Waals surface area (Å²) in [7, 11) is 5.02. The van der Waals surface area contributed by atoms with Gasteiger partial charge >= 0.3 is 6.03 Å². The fourth-order valence-corrected chi connectivity index (χ4v) is 3.35. The minimum atomic E-state index is -0.299. The van der Waals surface area contributed by atoms with Gasteiger partial charge in [0.1, 0.15) is 5.69 Å². The molecule has 8 heteroatoms. The van der Waals surface area contributed by atoms with Crippen molar-refractivity contribution in [1.29, 1.82) is 0 Å². The average Bonchev–Trinajstić information content (AvgIpc) is 3.04. The quantitative estimate of drug-likeness (QED) is 0.597. The summed E-state index contributed by atoms with van der Waals surface area (Å²) in [6.45, 7) is 0.359. The van der Waals surface area contributed by atoms with Crippen molar-refractivity contribution >= 4 is 27.6 Å². The molecule has 2 N–H and O–H groups in total. The molecule has 0 aliphatic carbocycles. The van der Waals surface area contributed by atoms with E-state index in [1.807, 2.05) is 55.7 Å². The van der Waals surface area contributed by atoms with Gasteiger partial charge in [-0.1, -0.05) is 18.2 Å². The van der Waals surface area contributed by atoms with E-state index in [1.54, 1.807) is 18.9 Å². The van der Waals surface area contributed by atoms with Gasteiger partial charge in [0.15, 0.2) is 11.5 Å². The maximum atomic E-state index is 12.3. The zero-order valence-corrected chi connectivity index (χ0v) is 17.4. The molecule has 7 nitrogen and oxygen atoms in total. The first-order valence-electron chi connectivity index (χ1n) is 8.55. The normalized spacial score (nSPS) is 10.4. The number of amides is 2. The number of benzene rings is 2. The molecular weight excluding hydrogens is 424 g/mol. The molecule has 0 radical (unpaired) electrons. The highest BCUT2D eigenvalue weighted by atomic mass is 79.9. The molecule has 0 aliphatic heterocycles. The maximum Gasteiger partial charge on any atom is 0.319 e. The average molecular weight is 445 g/mol. The smallest absolute Gasteiger partial charge is 0.319 e. The Kier molecular flexibility index (Phi) is 6.20. The summed E-state index contributed by atoms with van der Waals surface area (Å²) >= 11 is 3.50. The van der Waals surface area contributed by atoms with Gasteiger partial charge in [0.25, 0.3) is 0 Å². The Morgan fingerprint density at radius 1 is 1.14 bits per heavy atom. The van der Waals surface area contributed by atoms with Crippen LogP contribution >= 0.6 is 15.9 Å². The molecule has 146 valence electrons. The lowest BCUT2D eigenvalue weighted by atomic mass is 10.1. The van der Waals surface area contributed by atoms with Crippen molar-refractivity contribution in [3.63, 3.8) is 0 Å². The van der Waals surface area contributed by atoms with Crippen LogP contribution in [-0.4, -0.2) is 30.0 Å². The van der Waals surface area contributed by atoms with Crippen LogP contribution in [0.15, 0.2) is 53.1 Å². The summed E-state index contributed by atoms with van der Waals surface area (Å²) in [5, 5.41) is 10.1. The van der Waals surface area contributed by atoms with Crippen molar-refractivity contribution in [1.82, 2.24) is 15.1 Å². The van der Waals surface area contributed by atoms with Crippen LogP contribution in [0.2, 0.25) is 0 Å². The van der Waals surface area contributed by atoms with Crippen molar-refractivity contribution in [2.45, 2.75) is 6.54 Å². The number of hydrogen-bond donors (Lipinski definition) is 2. The third kappa shape index (κ3) is 4.64. The highest BCUT2D eigenvalue weighted by Crippen LogP contribution is 2.29. The van der Waals surface area contributed by atoms with Crippen molar-refractivity contribution in [3.8, 4) is 22.8 Å². The highest BCUT2D eigenvalue weighted by molar-refractivity contribution is 9.10. The van der Waals surface area contributed by atoms with Crippen LogP contribution in [0.5, 0.6) is 11.5 Å². The van der Waals surface area contributed by atoms with Gasteiger partial charge in [0, 0.05) is 31.0 Å². The first kappa shape index (κ1) is 19.8. The monoisotopic (exact) mass is 444 g/mol. The molecule has 0 saturated heterocycles. The van der Waals surface area contributed by atoms with Gasteiger partial charge in [-0.25, -0.2) is 4.79 Å². The molecule has 2 amide bonds. The Morgan fingerprint density at radius 3 is 2.61 bits per heavy atom. The number of carbonyl (C=O) groups is 1. The lowest BCUT2D eigenvalue weighted by molar-refractivity contribution is 0.251. The van der Waals surface area contributed by atoms with E-state index in [9.17, 15) is 4.79 Å². The largest absolute Gasteiger partial charge is 0.493 e. The number of methoxy groups -OCH3 is 2. The van der Waals surface area contributed by atoms with E-state index in [1.165, 1.54) is 0 Å². The standard InChI is InChI=1S/C20H21BrN4O3/c1-25-12-16(21)19(24-25)14-5-4-6-15(10-14)23-20(26)22-11-13-7-8-17(27-2)18(9-13)28-3/h4-10,12H,11H2,1-3H3,(H2,22,23,26). The second kappa shape index (κ2) is 8.79. The van der Waals surface area contributed by atoms with Gasteiger partial charge in [-0.05, 0) is 45.8 Å². The van der Waals surface area contributed by atoms with Crippen LogP contribution in [0, 0.1) is 0 Å². The third-order valence-corrected chi connectivity index (χ3v) is 4.66. The van der Waals surface area contributed by atoms with E-state index in [0.717, 1.165) is 21.3 Å². The van der Waals surface area contributed by atoms with Gasteiger partial charge in [-0.2, -0.15) is 5.10 Å². The number of aromatic nitrogens is 2. The van der Waals surface area contributed by atoms with Gasteiger partial charge in [-0.3, -0.25) is 4.68 Å². The van der Waals surface area contributed by atoms with Crippen LogP contribution in [0.3, 0.4) is 0 Å². The van der Waals surface area contributed by atoms with Gasteiger partial charge < -0.3 is 20.1 Å². The Bertz CT molecular complexity index is 987. The van der Waals surface area contributed by atoms with Gasteiger partial charge in [0.05, 0.1) is 18.7 Å². The van der Waals surface area contributed by atoms with E-state index in [-0.39, 0.29) is 6.03 Å². The number of anilines is 1. The maximum absolute atomic E-state index is 12.3. The number of nitrogens with one attached hydrogen (secondary N) is 2. The molecule has 0 atom stereocenters. The second-order valence-electron chi connectivity index (χ2n) is 6.08. The zero-order chi connectivity index (χ0) is 20.1. The second-order valence-corrected chi connectivity index (χ2v) is 6.93. The molecule has 0 saturated carbocycles. The lowest BCUT2D eigenvalue weighted by Gasteiger charge is -2.11. The van der Waals surface area contributed by atoms with Gasteiger partial charge in [-0.15, -0.1) is 0 Å². The zero-order valence-electron chi connectivity index (χ0n) is 15.8. The molecule has 0 spiro atoms. The first-order chi connectivity index (χ1) is 13.5. The van der Waals surface area contributed by atoms with Crippen LogP contribution in [0.25, 0.3) is 11.3 Å². The van der Waals surface area contributed by atoms with Crippen LogP contribution < -0.4 is 20.1 Å². The van der Waals surface area contributed by atoms with Crippen LogP contribution in [0.4, 0.5) is 10.5 Å². The SMILES string of the molecule is COc1ccc(CNC(=O)Nc2cccc(-c3nn(C)cc3Br)c2)cc1OC. The molecule has 1 aromatic heterocycles. The lowest BCUT2D eigenvalue weighted by Crippen LogP contribution is -2.28. The number of ether oxygens (including phenoxy) is 2. The molecule has 0 bridgehead atoms. The van der Waals surface area contributed by atoms with E-state index >= 15 is 0 Å². The molecule has 3 aromatic rings. The summed E-state index contributed by atoms with van der Waals surface area (Å²) in [6.07, 6.45) is 1.88. The molecule has 0 fully saturated rings. The number of nitrogens with zero attached hydrogens (tertiary/aromatic N) is 2. The van der Waals surface area contributed by atoms with Crippen molar-refractivity contribution in [2.75, 3.05) is 19.5 Å². The molecule has 0 aliphatic rings. The topological polar surface area (TPSA) is 77.4 Å². The minimum absolute atomic E-state index is 0.299. The summed E-state index contributed by atoms with van der Waals surface area (Å²) < 4.78 is 13.1. The predicted octanol–water partition coefficient (Wildman–Crippen LogP) is 4.19. The minimum Gasteiger partial charge on any atom is -0.493 e. The van der Waals surface area contributed by atoms with Crippen molar-refractivity contribution in [3.05, 3.63) is 58.7 Å². The summed E-state index contributed by atoms with van der Waals surface area (Å²) in [6, 6.07) is 12.7. The van der Waals surface area contributed by atoms with Crippen LogP contribution in [-0.2, 0) is 13.6 Å².